The molecule has 0 aromatic rings. The van der Waals surface area contributed by atoms with Crippen molar-refractivity contribution in [1.82, 2.24) is 0 Å². The summed E-state index contributed by atoms with van der Waals surface area (Å²) in [5.74, 6) is -1.31. The number of carbonyl (C=O) groups is 4. The van der Waals surface area contributed by atoms with Crippen LogP contribution in [-0.4, -0.2) is 96.7 Å². The first kappa shape index (κ1) is 88.1. The Morgan fingerprint density at radius 2 is 0.533 bits per heavy atom. The molecule has 0 aliphatic rings. The van der Waals surface area contributed by atoms with Gasteiger partial charge >= 0.3 is 39.5 Å². The molecule has 90 heavy (non-hydrogen) atoms. The topological polar surface area (TPSA) is 237 Å². The van der Waals surface area contributed by atoms with Crippen LogP contribution in [0.3, 0.4) is 0 Å². The van der Waals surface area contributed by atoms with Gasteiger partial charge in [-0.15, -0.1) is 0 Å². The second kappa shape index (κ2) is 64.4. The summed E-state index contributed by atoms with van der Waals surface area (Å²) >= 11 is 0. The average molecular weight is 1330 g/mol. The number of carbonyl (C=O) groups excluding carboxylic acids is 4. The molecule has 0 radical (unpaired) electrons. The zero-order chi connectivity index (χ0) is 66.3. The monoisotopic (exact) mass is 1320 g/mol. The van der Waals surface area contributed by atoms with Crippen molar-refractivity contribution >= 4 is 39.5 Å². The van der Waals surface area contributed by atoms with E-state index < -0.39 is 97.5 Å². The number of aliphatic hydroxyl groups is 1. The summed E-state index contributed by atoms with van der Waals surface area (Å²) in [6.45, 7) is 7.25. The quantitative estimate of drug-likeness (QED) is 0.0222. The first-order valence-corrected chi connectivity index (χ1v) is 40.2. The van der Waals surface area contributed by atoms with E-state index in [1.54, 1.807) is 0 Å². The van der Waals surface area contributed by atoms with Crippen molar-refractivity contribution in [3.63, 3.8) is 0 Å². The number of rotatable bonds is 71. The van der Waals surface area contributed by atoms with E-state index >= 15 is 0 Å². The molecule has 6 atom stereocenters. The van der Waals surface area contributed by atoms with E-state index in [9.17, 15) is 43.2 Å². The van der Waals surface area contributed by atoms with E-state index in [1.165, 1.54) is 180 Å². The summed E-state index contributed by atoms with van der Waals surface area (Å²) in [5, 5.41) is 10.6. The number of phosphoric ester groups is 2. The SMILES string of the molecule is CCCCCCCCCCCCCCCCCCC(=O)O[C@H](COC(=O)CCCCCCCCCCCCC(C)CC)COP(=O)(O)OC[C@@H](O)COP(=O)(O)OC[C@@H](COC(=O)CCCCCCCCC)OC(=O)CCCCCCCCCCCCCCC. The molecule has 534 valence electrons. The standard InChI is InChI=1S/C71H138O17P2/c1-6-10-13-16-19-21-23-25-26-27-29-31-37-42-47-52-57-71(76)88-67(61-82-69(74)55-50-45-40-35-33-32-34-39-43-48-53-64(5)9-4)63-86-90(79,80)84-59-65(72)58-83-89(77,78)85-62-66(60-81-68(73)54-49-44-38-18-15-12-8-3)87-70(75)56-51-46-41-36-30-28-24-22-20-17-14-11-7-2/h64-67,72H,6-63H2,1-5H3,(H,77,78)(H,79,80)/t64?,65-,66+,67+/m0/s1. The second-order valence-electron chi connectivity index (χ2n) is 25.9. The number of ether oxygens (including phenoxy) is 4. The molecule has 0 fully saturated rings. The van der Waals surface area contributed by atoms with Gasteiger partial charge in [0.1, 0.15) is 19.3 Å². The molecule has 0 aliphatic heterocycles. The lowest BCUT2D eigenvalue weighted by atomic mass is 9.99. The van der Waals surface area contributed by atoms with Crippen LogP contribution < -0.4 is 0 Å². The molecule has 3 unspecified atom stereocenters. The molecule has 0 heterocycles. The minimum Gasteiger partial charge on any atom is -0.462 e. The van der Waals surface area contributed by atoms with Gasteiger partial charge in [-0.05, 0) is 31.6 Å². The molecule has 19 heteroatoms. The third-order valence-corrected chi connectivity index (χ3v) is 18.8. The molecule has 0 aliphatic carbocycles. The average Bonchev–Trinajstić information content (AvgIpc) is 3.63. The van der Waals surface area contributed by atoms with Crippen molar-refractivity contribution < 1.29 is 80.2 Å². The maximum Gasteiger partial charge on any atom is 0.472 e. The maximum absolute atomic E-state index is 13.0. The van der Waals surface area contributed by atoms with Crippen LogP contribution in [0, 0.1) is 5.92 Å². The van der Waals surface area contributed by atoms with E-state index in [-0.39, 0.29) is 25.7 Å². The Morgan fingerprint density at radius 1 is 0.311 bits per heavy atom. The van der Waals surface area contributed by atoms with Crippen LogP contribution in [0.2, 0.25) is 0 Å². The van der Waals surface area contributed by atoms with Gasteiger partial charge in [0.25, 0.3) is 0 Å². The third kappa shape index (κ3) is 63.5. The van der Waals surface area contributed by atoms with Crippen LogP contribution in [0.5, 0.6) is 0 Å². The van der Waals surface area contributed by atoms with Crippen molar-refractivity contribution in [2.45, 2.75) is 387 Å². The summed E-state index contributed by atoms with van der Waals surface area (Å²) in [6.07, 6.45) is 51.3. The fourth-order valence-electron chi connectivity index (χ4n) is 10.8. The Bertz CT molecular complexity index is 1740. The molecule has 0 amide bonds. The zero-order valence-corrected chi connectivity index (χ0v) is 60.1. The highest BCUT2D eigenvalue weighted by Crippen LogP contribution is 2.45. The van der Waals surface area contributed by atoms with E-state index in [0.29, 0.717) is 25.7 Å². The summed E-state index contributed by atoms with van der Waals surface area (Å²) < 4.78 is 68.3. The molecule has 0 aromatic heterocycles. The highest BCUT2D eigenvalue weighted by atomic mass is 31.2. The molecule has 0 rings (SSSR count). The zero-order valence-electron chi connectivity index (χ0n) is 58.3. The lowest BCUT2D eigenvalue weighted by Crippen LogP contribution is -2.30. The normalized spacial score (nSPS) is 14.4. The molecule has 17 nitrogen and oxygen atoms in total. The van der Waals surface area contributed by atoms with Crippen molar-refractivity contribution in [2.75, 3.05) is 39.6 Å². The number of phosphoric acid groups is 2. The van der Waals surface area contributed by atoms with Crippen molar-refractivity contribution in [2.24, 2.45) is 5.92 Å². The van der Waals surface area contributed by atoms with Gasteiger partial charge in [-0.3, -0.25) is 37.3 Å². The van der Waals surface area contributed by atoms with Gasteiger partial charge in [0, 0.05) is 25.7 Å². The molecule has 0 saturated heterocycles. The summed E-state index contributed by atoms with van der Waals surface area (Å²) in [4.78, 5) is 72.5. The van der Waals surface area contributed by atoms with E-state index in [2.05, 4.69) is 34.6 Å². The largest absolute Gasteiger partial charge is 0.472 e. The molecule has 0 aromatic carbocycles. The molecular formula is C71H138O17P2. The first-order valence-electron chi connectivity index (χ1n) is 37.2. The minimum atomic E-state index is -4.95. The maximum atomic E-state index is 13.0. The highest BCUT2D eigenvalue weighted by molar-refractivity contribution is 7.47. The Hall–Kier alpha value is -1.94. The molecule has 3 N–H and O–H groups in total. The van der Waals surface area contributed by atoms with Crippen LogP contribution in [0.25, 0.3) is 0 Å². The van der Waals surface area contributed by atoms with E-state index in [1.807, 2.05) is 0 Å². The summed E-state index contributed by atoms with van der Waals surface area (Å²) in [7, 11) is -9.90. The van der Waals surface area contributed by atoms with Gasteiger partial charge in [0.05, 0.1) is 26.4 Å². The van der Waals surface area contributed by atoms with Gasteiger partial charge in [-0.25, -0.2) is 9.13 Å². The summed E-state index contributed by atoms with van der Waals surface area (Å²) in [5.41, 5.74) is 0. The fourth-order valence-corrected chi connectivity index (χ4v) is 12.4. The Balaban J connectivity index is 5.21. The van der Waals surface area contributed by atoms with Crippen LogP contribution in [0.4, 0.5) is 0 Å². The van der Waals surface area contributed by atoms with Crippen molar-refractivity contribution in [3.05, 3.63) is 0 Å². The molecule has 0 spiro atoms. The smallest absolute Gasteiger partial charge is 0.462 e. The van der Waals surface area contributed by atoms with Crippen LogP contribution in [-0.2, 0) is 65.4 Å². The summed E-state index contributed by atoms with van der Waals surface area (Å²) in [6, 6.07) is 0. The lowest BCUT2D eigenvalue weighted by molar-refractivity contribution is -0.161. The van der Waals surface area contributed by atoms with Crippen molar-refractivity contribution in [1.29, 1.82) is 0 Å². The van der Waals surface area contributed by atoms with Gasteiger partial charge in [0.2, 0.25) is 0 Å². The molecule has 0 saturated carbocycles. The van der Waals surface area contributed by atoms with Gasteiger partial charge in [-0.2, -0.15) is 0 Å². The number of hydrogen-bond donors (Lipinski definition) is 3. The molecular weight excluding hydrogens is 1190 g/mol. The van der Waals surface area contributed by atoms with Crippen molar-refractivity contribution in [3.8, 4) is 0 Å². The number of aliphatic hydroxyl groups excluding tert-OH is 1. The highest BCUT2D eigenvalue weighted by Gasteiger charge is 2.30. The third-order valence-electron chi connectivity index (χ3n) is 16.9. The predicted octanol–water partition coefficient (Wildman–Crippen LogP) is 20.5. The molecule has 0 bridgehead atoms. The van der Waals surface area contributed by atoms with E-state index in [4.69, 9.17) is 37.0 Å². The Kier molecular flexibility index (Phi) is 63.0. The number of hydrogen-bond acceptors (Lipinski definition) is 15. The number of esters is 4. The van der Waals surface area contributed by atoms with Crippen LogP contribution in [0.15, 0.2) is 0 Å². The first-order chi connectivity index (χ1) is 43.6. The fraction of sp³-hybridized carbons (Fsp3) is 0.944. The van der Waals surface area contributed by atoms with Gasteiger partial charge in [-0.1, -0.05) is 317 Å². The Labute approximate surface area is 549 Å². The van der Waals surface area contributed by atoms with Gasteiger partial charge < -0.3 is 33.8 Å². The van der Waals surface area contributed by atoms with E-state index in [0.717, 1.165) is 109 Å². The Morgan fingerprint density at radius 3 is 0.789 bits per heavy atom. The van der Waals surface area contributed by atoms with Crippen LogP contribution >= 0.6 is 15.6 Å². The number of unbranched alkanes of at least 4 members (excludes halogenated alkanes) is 42. The minimum absolute atomic E-state index is 0.107. The van der Waals surface area contributed by atoms with Crippen LogP contribution in [0.1, 0.15) is 369 Å². The predicted molar refractivity (Wildman–Crippen MR) is 363 cm³/mol. The van der Waals surface area contributed by atoms with Gasteiger partial charge in [0.15, 0.2) is 12.2 Å². The lowest BCUT2D eigenvalue weighted by Gasteiger charge is -2.21. The second-order valence-corrected chi connectivity index (χ2v) is 28.8.